The summed E-state index contributed by atoms with van der Waals surface area (Å²) in [5, 5.41) is 12.8. The van der Waals surface area contributed by atoms with Crippen molar-refractivity contribution >= 4 is 22.0 Å². The second-order valence-electron chi connectivity index (χ2n) is 3.54. The van der Waals surface area contributed by atoms with Crippen molar-refractivity contribution in [1.29, 1.82) is 0 Å². The van der Waals surface area contributed by atoms with E-state index in [0.29, 0.717) is 13.1 Å². The van der Waals surface area contributed by atoms with Crippen LogP contribution < -0.4 is 0 Å². The number of likely N-dealkylation sites (N-methyl/N-ethyl adjacent to an activating group) is 1. The highest BCUT2D eigenvalue weighted by molar-refractivity contribution is 9.11. The van der Waals surface area contributed by atoms with Crippen molar-refractivity contribution in [3.05, 3.63) is 22.8 Å². The fraction of sp³-hybridized carbons (Fsp3) is 0.444. The van der Waals surface area contributed by atoms with Gasteiger partial charge in [0, 0.05) is 17.7 Å². The van der Waals surface area contributed by atoms with Gasteiger partial charge in [0.2, 0.25) is 0 Å². The molecule has 0 aromatic carbocycles. The van der Waals surface area contributed by atoms with Gasteiger partial charge in [-0.2, -0.15) is 0 Å². The molecule has 1 fully saturated rings. The number of halogens is 1. The standard InChI is InChI=1S/C9H12BrN3O2/c1-11-6-8(14)13(9(11)15)12-4-2-3-7(10)5-12/h2-4,8,14H,5-6H2,1H3. The maximum Gasteiger partial charge on any atom is 0.341 e. The van der Waals surface area contributed by atoms with Gasteiger partial charge in [-0.05, 0) is 12.2 Å². The highest BCUT2D eigenvalue weighted by Crippen LogP contribution is 2.21. The number of urea groups is 1. The average molecular weight is 274 g/mol. The van der Waals surface area contributed by atoms with Gasteiger partial charge in [-0.1, -0.05) is 15.9 Å². The third-order valence-corrected chi connectivity index (χ3v) is 2.88. The van der Waals surface area contributed by atoms with E-state index in [-0.39, 0.29) is 6.03 Å². The minimum Gasteiger partial charge on any atom is -0.370 e. The predicted octanol–water partition coefficient (Wildman–Crippen LogP) is 0.695. The summed E-state index contributed by atoms with van der Waals surface area (Å²) in [6.07, 6.45) is 4.73. The summed E-state index contributed by atoms with van der Waals surface area (Å²) in [6, 6.07) is -0.186. The van der Waals surface area contributed by atoms with Crippen molar-refractivity contribution in [2.75, 3.05) is 20.1 Å². The molecule has 2 aliphatic rings. The van der Waals surface area contributed by atoms with Gasteiger partial charge in [-0.3, -0.25) is 5.01 Å². The minimum absolute atomic E-state index is 0.186. The third kappa shape index (κ3) is 1.87. The van der Waals surface area contributed by atoms with Crippen LogP contribution in [0.4, 0.5) is 4.79 Å². The van der Waals surface area contributed by atoms with E-state index in [0.717, 1.165) is 4.48 Å². The molecule has 1 unspecified atom stereocenters. The number of hydrogen-bond donors (Lipinski definition) is 1. The van der Waals surface area contributed by atoms with E-state index in [9.17, 15) is 9.90 Å². The second-order valence-corrected chi connectivity index (χ2v) is 4.56. The summed E-state index contributed by atoms with van der Waals surface area (Å²) in [5.41, 5.74) is 0. The number of amides is 2. The van der Waals surface area contributed by atoms with Gasteiger partial charge in [0.05, 0.1) is 13.1 Å². The number of carbonyl (C=O) groups excluding carboxylic acids is 1. The van der Waals surface area contributed by atoms with Crippen molar-refractivity contribution in [3.8, 4) is 0 Å². The number of hydrazine groups is 1. The molecular weight excluding hydrogens is 262 g/mol. The van der Waals surface area contributed by atoms with Crippen LogP contribution in [0.1, 0.15) is 0 Å². The Morgan fingerprint density at radius 3 is 2.87 bits per heavy atom. The van der Waals surface area contributed by atoms with E-state index >= 15 is 0 Å². The summed E-state index contributed by atoms with van der Waals surface area (Å²) in [7, 11) is 1.67. The Hall–Kier alpha value is -1.01. The van der Waals surface area contributed by atoms with E-state index in [4.69, 9.17) is 0 Å². The van der Waals surface area contributed by atoms with Crippen LogP contribution in [0.25, 0.3) is 0 Å². The van der Waals surface area contributed by atoms with Gasteiger partial charge in [-0.25, -0.2) is 9.80 Å². The molecule has 0 radical (unpaired) electrons. The lowest BCUT2D eigenvalue weighted by molar-refractivity contribution is -0.0451. The molecule has 15 heavy (non-hydrogen) atoms. The van der Waals surface area contributed by atoms with Gasteiger partial charge in [0.15, 0.2) is 6.23 Å². The molecule has 1 atom stereocenters. The largest absolute Gasteiger partial charge is 0.370 e. The maximum absolute atomic E-state index is 11.7. The fourth-order valence-electron chi connectivity index (χ4n) is 1.64. The number of hydrogen-bond acceptors (Lipinski definition) is 3. The predicted molar refractivity (Wildman–Crippen MR) is 58.7 cm³/mol. The lowest BCUT2D eigenvalue weighted by Gasteiger charge is -2.33. The molecule has 0 aromatic heterocycles. The van der Waals surface area contributed by atoms with Crippen molar-refractivity contribution in [2.24, 2.45) is 0 Å². The van der Waals surface area contributed by atoms with E-state index in [1.165, 1.54) is 9.91 Å². The van der Waals surface area contributed by atoms with Gasteiger partial charge in [-0.15, -0.1) is 0 Å². The Balaban J connectivity index is 2.14. The number of nitrogens with zero attached hydrogens (tertiary/aromatic N) is 3. The van der Waals surface area contributed by atoms with E-state index < -0.39 is 6.23 Å². The molecule has 82 valence electrons. The maximum atomic E-state index is 11.7. The Kier molecular flexibility index (Phi) is 2.70. The van der Waals surface area contributed by atoms with Crippen molar-refractivity contribution in [3.63, 3.8) is 0 Å². The average Bonchev–Trinajstić information content (AvgIpc) is 2.41. The van der Waals surface area contributed by atoms with Crippen LogP contribution in [0, 0.1) is 0 Å². The van der Waals surface area contributed by atoms with Crippen LogP contribution in [0.15, 0.2) is 22.8 Å². The highest BCUT2D eigenvalue weighted by Gasteiger charge is 2.37. The van der Waals surface area contributed by atoms with Gasteiger partial charge >= 0.3 is 6.03 Å². The van der Waals surface area contributed by atoms with Crippen LogP contribution in [0.5, 0.6) is 0 Å². The Morgan fingerprint density at radius 1 is 1.60 bits per heavy atom. The summed E-state index contributed by atoms with van der Waals surface area (Å²) in [4.78, 5) is 13.2. The van der Waals surface area contributed by atoms with Crippen molar-refractivity contribution < 1.29 is 9.90 Å². The van der Waals surface area contributed by atoms with Crippen LogP contribution in [0.3, 0.4) is 0 Å². The molecule has 2 heterocycles. The van der Waals surface area contributed by atoms with Crippen molar-refractivity contribution in [1.82, 2.24) is 14.9 Å². The molecule has 2 amide bonds. The van der Waals surface area contributed by atoms with Crippen LogP contribution >= 0.6 is 15.9 Å². The Morgan fingerprint density at radius 2 is 2.33 bits per heavy atom. The number of carbonyl (C=O) groups is 1. The summed E-state index contributed by atoms with van der Waals surface area (Å²) in [5.74, 6) is 0. The van der Waals surface area contributed by atoms with Crippen molar-refractivity contribution in [2.45, 2.75) is 6.23 Å². The molecule has 1 N–H and O–H groups in total. The van der Waals surface area contributed by atoms with E-state index in [1.54, 1.807) is 18.3 Å². The zero-order chi connectivity index (χ0) is 11.0. The molecule has 5 nitrogen and oxygen atoms in total. The molecule has 2 rings (SSSR count). The van der Waals surface area contributed by atoms with Crippen LogP contribution in [0.2, 0.25) is 0 Å². The molecule has 0 aromatic rings. The third-order valence-electron chi connectivity index (χ3n) is 2.37. The number of allylic oxidation sites excluding steroid dienone is 2. The van der Waals surface area contributed by atoms with Gasteiger partial charge in [0.1, 0.15) is 0 Å². The minimum atomic E-state index is -0.773. The molecule has 0 bridgehead atoms. The number of rotatable bonds is 1. The molecule has 0 spiro atoms. The number of aliphatic hydroxyl groups excluding tert-OH is 1. The SMILES string of the molecule is CN1CC(O)N(N2C=CC=C(Br)C2)C1=O. The van der Waals surface area contributed by atoms with E-state index in [1.807, 2.05) is 12.2 Å². The lowest BCUT2D eigenvalue weighted by Crippen LogP contribution is -2.46. The van der Waals surface area contributed by atoms with E-state index in [2.05, 4.69) is 15.9 Å². The summed E-state index contributed by atoms with van der Waals surface area (Å²) in [6.45, 7) is 0.900. The Labute approximate surface area is 96.3 Å². The topological polar surface area (TPSA) is 47.0 Å². The first-order valence-electron chi connectivity index (χ1n) is 4.61. The van der Waals surface area contributed by atoms with Crippen LogP contribution in [-0.4, -0.2) is 52.4 Å². The first kappa shape index (κ1) is 10.5. The fourth-order valence-corrected chi connectivity index (χ4v) is 2.05. The summed E-state index contributed by atoms with van der Waals surface area (Å²) >= 11 is 3.37. The highest BCUT2D eigenvalue weighted by atomic mass is 79.9. The molecule has 2 aliphatic heterocycles. The first-order valence-corrected chi connectivity index (χ1v) is 5.40. The lowest BCUT2D eigenvalue weighted by atomic mass is 10.4. The first-order chi connectivity index (χ1) is 7.09. The van der Waals surface area contributed by atoms with Crippen LogP contribution in [-0.2, 0) is 0 Å². The molecule has 1 saturated heterocycles. The second kappa shape index (κ2) is 3.86. The quantitative estimate of drug-likeness (QED) is 0.765. The molecule has 6 heteroatoms. The zero-order valence-corrected chi connectivity index (χ0v) is 9.88. The van der Waals surface area contributed by atoms with Gasteiger partial charge in [0.25, 0.3) is 0 Å². The zero-order valence-electron chi connectivity index (χ0n) is 8.30. The van der Waals surface area contributed by atoms with Gasteiger partial charge < -0.3 is 10.0 Å². The number of β-amino-alcohol motifs (C(OH)–C–C–N with tert-alkyl or cyclic N) is 1. The molecular formula is C9H12BrN3O2. The Bertz CT molecular complexity index is 342. The smallest absolute Gasteiger partial charge is 0.341 e. The summed E-state index contributed by atoms with van der Waals surface area (Å²) < 4.78 is 0.972. The number of aliphatic hydroxyl groups is 1. The molecule has 0 saturated carbocycles. The molecule has 0 aliphatic carbocycles. The monoisotopic (exact) mass is 273 g/mol. The normalized spacial score (nSPS) is 26.3.